The van der Waals surface area contributed by atoms with Crippen LogP contribution in [0, 0.1) is 24.0 Å². The number of alkyl carbamates (subject to hydrolysis) is 1. The van der Waals surface area contributed by atoms with Crippen molar-refractivity contribution in [3.05, 3.63) is 89.1 Å². The number of nitrogens with zero attached hydrogens (tertiary/aromatic N) is 6. The van der Waals surface area contributed by atoms with Crippen LogP contribution in [-0.4, -0.2) is 187 Å². The van der Waals surface area contributed by atoms with Gasteiger partial charge in [-0.1, -0.05) is 24.1 Å². The van der Waals surface area contributed by atoms with Gasteiger partial charge in [0.15, 0.2) is 5.82 Å². The molecular weight excluding hydrogens is 1110 g/mol. The topological polar surface area (TPSA) is 275 Å². The molecule has 0 aliphatic carbocycles. The van der Waals surface area contributed by atoms with Gasteiger partial charge in [0.2, 0.25) is 17.7 Å². The second kappa shape index (κ2) is 25.5. The van der Waals surface area contributed by atoms with E-state index in [4.69, 9.17) is 39.8 Å². The van der Waals surface area contributed by atoms with Gasteiger partial charge in [-0.15, -0.1) is 6.42 Å². The molecule has 5 saturated heterocycles. The smallest absolute Gasteiger partial charge is 0.407 e. The van der Waals surface area contributed by atoms with E-state index in [0.29, 0.717) is 74.6 Å². The number of fused-ring (bicyclic) bond motifs is 6. The Morgan fingerprint density at radius 1 is 0.871 bits per heavy atom. The van der Waals surface area contributed by atoms with Crippen molar-refractivity contribution in [1.82, 2.24) is 40.7 Å². The summed E-state index contributed by atoms with van der Waals surface area (Å²) in [6.07, 6.45) is 10.8. The van der Waals surface area contributed by atoms with Gasteiger partial charge in [-0.05, 0) is 80.3 Å². The van der Waals surface area contributed by atoms with Crippen LogP contribution < -0.4 is 30.9 Å². The average Bonchev–Trinajstić information content (AvgIpc) is 2.73. The monoisotopic (exact) mass is 1170 g/mol. The lowest BCUT2D eigenvalue weighted by Gasteiger charge is -2.35. The minimum Gasteiger partial charge on any atom is -0.508 e. The summed E-state index contributed by atoms with van der Waals surface area (Å²) in [4.78, 5) is 94.6. The third kappa shape index (κ3) is 12.6. The fraction of sp³-hybridized carbons (Fsp3) is 0.450. The number of hydrogen-bond donors (Lipinski definition) is 5. The first-order chi connectivity index (χ1) is 41.2. The first-order valence-electron chi connectivity index (χ1n) is 28.4. The number of amides is 6. The summed E-state index contributed by atoms with van der Waals surface area (Å²) in [5, 5.41) is 22.9. The largest absolute Gasteiger partial charge is 0.508 e. The van der Waals surface area contributed by atoms with Gasteiger partial charge in [-0.2, -0.15) is 9.97 Å². The number of aromatic hydroxyl groups is 1. The van der Waals surface area contributed by atoms with Crippen molar-refractivity contribution >= 4 is 68.8 Å². The Balaban J connectivity index is 0.581. The zero-order chi connectivity index (χ0) is 59.4. The molecule has 8 heterocycles. The molecule has 446 valence electrons. The summed E-state index contributed by atoms with van der Waals surface area (Å²) >= 11 is 0. The lowest BCUT2D eigenvalue weighted by molar-refractivity contribution is -0.136. The van der Waals surface area contributed by atoms with Crippen LogP contribution in [0.15, 0.2) is 60.8 Å². The SMILES string of the molecule is C#Cc1c(F)ccc2cc(O)cc(-c3ncc4c(N5CC6CCC(C5)N6)nc(OCC56CC[C@@H](COC(=O)NCCOCCOCCOCCOCCC(=O)Nc7ccc8c(c7)C(=O)N(C7CCC(=O)NC7=O)C8=O)N5CC(=C)C6)nc4c3F)c12. The van der Waals surface area contributed by atoms with Crippen molar-refractivity contribution < 1.29 is 71.1 Å². The van der Waals surface area contributed by atoms with Crippen LogP contribution in [0.4, 0.5) is 25.1 Å². The minimum atomic E-state index is -1.09. The van der Waals surface area contributed by atoms with Crippen LogP contribution in [0.5, 0.6) is 11.8 Å². The molecule has 5 N–H and O–H groups in total. The zero-order valence-corrected chi connectivity index (χ0v) is 46.6. The number of imide groups is 2. The molecule has 2 aromatic heterocycles. The van der Waals surface area contributed by atoms with E-state index in [1.54, 1.807) is 0 Å². The molecule has 5 atom stereocenters. The number of halogens is 2. The quantitative estimate of drug-likeness (QED) is 0.0246. The van der Waals surface area contributed by atoms with Crippen molar-refractivity contribution in [3.8, 4) is 35.4 Å². The Morgan fingerprint density at radius 2 is 1.60 bits per heavy atom. The first kappa shape index (κ1) is 58.5. The lowest BCUT2D eigenvalue weighted by atomic mass is 9.94. The summed E-state index contributed by atoms with van der Waals surface area (Å²) in [6, 6.07) is 8.93. The van der Waals surface area contributed by atoms with Gasteiger partial charge in [0, 0.05) is 73.6 Å². The van der Waals surface area contributed by atoms with Crippen LogP contribution in [0.25, 0.3) is 32.9 Å². The highest BCUT2D eigenvalue weighted by Crippen LogP contribution is 2.45. The number of nitrogens with one attached hydrogen (secondary N) is 4. The number of ether oxygens (including phenoxy) is 6. The molecule has 2 bridgehead atoms. The molecule has 5 fully saturated rings. The van der Waals surface area contributed by atoms with E-state index in [0.717, 1.165) is 29.7 Å². The predicted octanol–water partition coefficient (Wildman–Crippen LogP) is 4.52. The molecule has 0 saturated carbocycles. The lowest BCUT2D eigenvalue weighted by Crippen LogP contribution is -2.54. The Bertz CT molecular complexity index is 3520. The second-order valence-corrected chi connectivity index (χ2v) is 22.0. The molecule has 11 rings (SSSR count). The van der Waals surface area contributed by atoms with E-state index >= 15 is 8.78 Å². The second-order valence-electron chi connectivity index (χ2n) is 22.0. The van der Waals surface area contributed by atoms with Gasteiger partial charge in [-0.25, -0.2) is 13.6 Å². The molecule has 23 nitrogen and oxygen atoms in total. The number of anilines is 2. The zero-order valence-electron chi connectivity index (χ0n) is 46.6. The number of piperidine rings is 1. The number of benzene rings is 3. The van der Waals surface area contributed by atoms with Gasteiger partial charge in [0.1, 0.15) is 47.9 Å². The molecule has 6 amide bonds. The van der Waals surface area contributed by atoms with Gasteiger partial charge >= 0.3 is 12.1 Å². The summed E-state index contributed by atoms with van der Waals surface area (Å²) in [6.45, 7) is 8.68. The van der Waals surface area contributed by atoms with E-state index in [9.17, 15) is 33.9 Å². The molecule has 6 aliphatic heterocycles. The van der Waals surface area contributed by atoms with Crippen LogP contribution >= 0.6 is 0 Å². The molecular formula is C60H64F2N10O13. The highest BCUT2D eigenvalue weighted by Gasteiger charge is 2.52. The maximum absolute atomic E-state index is 17.2. The number of pyridine rings is 1. The summed E-state index contributed by atoms with van der Waals surface area (Å²) in [5.41, 5.74) is 0.758. The third-order valence-electron chi connectivity index (χ3n) is 16.3. The predicted molar refractivity (Wildman–Crippen MR) is 303 cm³/mol. The van der Waals surface area contributed by atoms with Crippen LogP contribution in [0.1, 0.15) is 77.6 Å². The average molecular weight is 1170 g/mol. The normalized spacial score (nSPS) is 21.8. The van der Waals surface area contributed by atoms with Crippen LogP contribution in [-0.2, 0) is 38.1 Å². The molecule has 25 heteroatoms. The first-order valence-corrected chi connectivity index (χ1v) is 28.4. The number of phenolic OH excluding ortho intramolecular Hbond substituents is 1. The van der Waals surface area contributed by atoms with E-state index in [1.807, 2.05) is 0 Å². The summed E-state index contributed by atoms with van der Waals surface area (Å²) in [5.74, 6) is -1.64. The van der Waals surface area contributed by atoms with Crippen molar-refractivity contribution in [2.45, 2.75) is 81.1 Å². The summed E-state index contributed by atoms with van der Waals surface area (Å²) in [7, 11) is 0. The number of carbonyl (C=O) groups is 6. The third-order valence-corrected chi connectivity index (χ3v) is 16.3. The number of piperazine rings is 1. The standard InChI is InChI=1S/C60H64F2N10O13/c1-3-41-46(61)9-4-35-24-40(73)26-44(50(35)41)52-51(62)53-45(28-64-52)54(70-30-37-5-6-38(31-70)65-37)69-58(68-53)85-33-60-14-12-39(71(60)29-34(2)27-60)32-84-59(79)63-15-17-81-19-21-83-23-22-82-20-18-80-16-13-49(75)66-36-7-8-42-43(25-36)57(78)72(56(42)77)47-10-11-48(74)67-55(47)76/h1,4,7-9,24-26,28,37-39,47,65,73H,2,5-6,10-23,27,29-33H2,(H,63,79)(H,66,75)(H,67,74,76)/t37?,38?,39-,47?,60?/m0/s1. The van der Waals surface area contributed by atoms with E-state index in [-0.39, 0.29) is 147 Å². The molecule has 3 aromatic carbocycles. The molecule has 4 unspecified atom stereocenters. The van der Waals surface area contributed by atoms with Gasteiger partial charge in [-0.3, -0.25) is 44.1 Å². The molecule has 6 aliphatic rings. The number of aromatic nitrogens is 3. The number of rotatable bonds is 24. The highest BCUT2D eigenvalue weighted by atomic mass is 19.1. The van der Waals surface area contributed by atoms with E-state index in [1.165, 1.54) is 48.7 Å². The number of carbonyl (C=O) groups excluding carboxylic acids is 6. The van der Waals surface area contributed by atoms with Crippen molar-refractivity contribution in [1.29, 1.82) is 0 Å². The Kier molecular flexibility index (Phi) is 17.6. The molecule has 0 spiro atoms. The number of hydrogen-bond acceptors (Lipinski definition) is 19. The number of phenols is 1. The van der Waals surface area contributed by atoms with Gasteiger partial charge < -0.3 is 54.4 Å². The maximum atomic E-state index is 17.2. The van der Waals surface area contributed by atoms with E-state index in [2.05, 4.69) is 53.5 Å². The highest BCUT2D eigenvalue weighted by molar-refractivity contribution is 6.24. The van der Waals surface area contributed by atoms with Crippen LogP contribution in [0.2, 0.25) is 0 Å². The van der Waals surface area contributed by atoms with Crippen LogP contribution in [0.3, 0.4) is 0 Å². The molecule has 5 aromatic rings. The Labute approximate surface area is 487 Å². The Hall–Kier alpha value is -8.25. The van der Waals surface area contributed by atoms with Gasteiger partial charge in [0.25, 0.3) is 11.8 Å². The molecule has 85 heavy (non-hydrogen) atoms. The fourth-order valence-corrected chi connectivity index (χ4v) is 12.3. The molecule has 0 radical (unpaired) electrons. The maximum Gasteiger partial charge on any atom is 0.407 e. The van der Waals surface area contributed by atoms with Crippen molar-refractivity contribution in [2.75, 3.05) is 102 Å². The minimum absolute atomic E-state index is 0.0100. The Morgan fingerprint density at radius 3 is 2.34 bits per heavy atom. The van der Waals surface area contributed by atoms with E-state index < -0.39 is 52.9 Å². The number of terminal acetylenes is 1. The summed E-state index contributed by atoms with van der Waals surface area (Å²) < 4.78 is 66.7. The fourth-order valence-electron chi connectivity index (χ4n) is 12.3. The van der Waals surface area contributed by atoms with Gasteiger partial charge in [0.05, 0.1) is 86.9 Å². The van der Waals surface area contributed by atoms with Crippen molar-refractivity contribution in [2.24, 2.45) is 0 Å². The van der Waals surface area contributed by atoms with Crippen molar-refractivity contribution in [3.63, 3.8) is 0 Å².